The van der Waals surface area contributed by atoms with Crippen molar-refractivity contribution in [2.75, 3.05) is 12.3 Å². The summed E-state index contributed by atoms with van der Waals surface area (Å²) in [5.74, 6) is -0.0812. The molecule has 1 aromatic carbocycles. The monoisotopic (exact) mass is 280 g/mol. The van der Waals surface area contributed by atoms with Gasteiger partial charge in [-0.2, -0.15) is 0 Å². The lowest BCUT2D eigenvalue weighted by molar-refractivity contribution is 0.0958. The van der Waals surface area contributed by atoms with E-state index in [2.05, 4.69) is 5.32 Å². The van der Waals surface area contributed by atoms with Crippen LogP contribution in [0.15, 0.2) is 36.4 Å². The second-order valence-corrected chi connectivity index (χ2v) is 5.57. The van der Waals surface area contributed by atoms with Gasteiger partial charge in [0, 0.05) is 12.2 Å². The number of amides is 1. The average Bonchev–Trinajstić information content (AvgIpc) is 2.78. The molecule has 0 saturated carbocycles. The van der Waals surface area contributed by atoms with E-state index in [0.29, 0.717) is 15.8 Å². The zero-order chi connectivity index (χ0) is 13.0. The second kappa shape index (κ2) is 5.89. The number of nitrogen functional groups attached to an aromatic ring is 1. The van der Waals surface area contributed by atoms with Crippen molar-refractivity contribution in [1.82, 2.24) is 5.32 Å². The Kier molecular flexibility index (Phi) is 4.23. The maximum absolute atomic E-state index is 11.7. The molecule has 0 aliphatic carbocycles. The highest BCUT2D eigenvalue weighted by Gasteiger charge is 2.07. The number of nitrogens with two attached hydrogens (primary N) is 1. The van der Waals surface area contributed by atoms with E-state index in [1.54, 1.807) is 12.1 Å². The molecule has 0 unspecified atom stereocenters. The lowest BCUT2D eigenvalue weighted by atomic mass is 10.1. The molecule has 2 aromatic rings. The van der Waals surface area contributed by atoms with Crippen molar-refractivity contribution in [3.8, 4) is 0 Å². The van der Waals surface area contributed by atoms with Crippen LogP contribution in [0.2, 0.25) is 4.34 Å². The molecule has 0 aliphatic heterocycles. The Morgan fingerprint density at radius 1 is 1.22 bits per heavy atom. The third-order valence-electron chi connectivity index (χ3n) is 2.48. The number of benzene rings is 1. The summed E-state index contributed by atoms with van der Waals surface area (Å²) in [6.07, 6.45) is 0.783. The van der Waals surface area contributed by atoms with Crippen molar-refractivity contribution >= 4 is 34.5 Å². The number of halogens is 1. The Bertz CT molecular complexity index is 536. The minimum absolute atomic E-state index is 0.0812. The van der Waals surface area contributed by atoms with Gasteiger partial charge in [0.1, 0.15) is 0 Å². The summed E-state index contributed by atoms with van der Waals surface area (Å²) in [4.78, 5) is 12.4. The van der Waals surface area contributed by atoms with Crippen molar-refractivity contribution in [1.29, 1.82) is 0 Å². The van der Waals surface area contributed by atoms with E-state index in [9.17, 15) is 4.79 Å². The fourth-order valence-electron chi connectivity index (χ4n) is 1.53. The quantitative estimate of drug-likeness (QED) is 0.846. The Morgan fingerprint density at radius 3 is 2.56 bits per heavy atom. The number of hydrogen-bond acceptors (Lipinski definition) is 3. The smallest absolute Gasteiger partial charge is 0.261 e. The van der Waals surface area contributed by atoms with E-state index >= 15 is 0 Å². The van der Waals surface area contributed by atoms with Crippen LogP contribution >= 0.6 is 22.9 Å². The summed E-state index contributed by atoms with van der Waals surface area (Å²) in [6.45, 7) is 0.596. The van der Waals surface area contributed by atoms with Crippen LogP contribution in [0.25, 0.3) is 0 Å². The van der Waals surface area contributed by atoms with Gasteiger partial charge < -0.3 is 11.1 Å². The Hall–Kier alpha value is -1.52. The minimum atomic E-state index is -0.0812. The van der Waals surface area contributed by atoms with E-state index in [1.807, 2.05) is 24.3 Å². The molecule has 3 N–H and O–H groups in total. The minimum Gasteiger partial charge on any atom is -0.399 e. The van der Waals surface area contributed by atoms with Gasteiger partial charge in [0.15, 0.2) is 0 Å². The predicted molar refractivity (Wildman–Crippen MR) is 76.2 cm³/mol. The zero-order valence-electron chi connectivity index (χ0n) is 9.65. The summed E-state index contributed by atoms with van der Waals surface area (Å²) in [5, 5.41) is 2.86. The van der Waals surface area contributed by atoms with E-state index in [-0.39, 0.29) is 5.91 Å². The summed E-state index contributed by atoms with van der Waals surface area (Å²) in [5.41, 5.74) is 7.49. The Labute approximate surface area is 115 Å². The summed E-state index contributed by atoms with van der Waals surface area (Å²) in [6, 6.07) is 11.1. The molecule has 94 valence electrons. The maximum atomic E-state index is 11.7. The highest BCUT2D eigenvalue weighted by Crippen LogP contribution is 2.21. The zero-order valence-corrected chi connectivity index (χ0v) is 11.2. The van der Waals surface area contributed by atoms with Gasteiger partial charge in [0.2, 0.25) is 0 Å². The fourth-order valence-corrected chi connectivity index (χ4v) is 2.49. The van der Waals surface area contributed by atoms with Crippen molar-refractivity contribution in [2.45, 2.75) is 6.42 Å². The van der Waals surface area contributed by atoms with Crippen LogP contribution in [0.3, 0.4) is 0 Å². The molecule has 0 spiro atoms. The molecule has 1 aromatic heterocycles. The third kappa shape index (κ3) is 3.48. The SMILES string of the molecule is Nc1ccc(CCNC(=O)c2ccc(Cl)s2)cc1. The average molecular weight is 281 g/mol. The highest BCUT2D eigenvalue weighted by molar-refractivity contribution is 7.17. The molecule has 0 bridgehead atoms. The van der Waals surface area contributed by atoms with Gasteiger partial charge in [-0.1, -0.05) is 23.7 Å². The standard InChI is InChI=1S/C13H13ClN2OS/c14-12-6-5-11(18-12)13(17)16-8-7-9-1-3-10(15)4-2-9/h1-6H,7-8,15H2,(H,16,17). The van der Waals surface area contributed by atoms with Crippen molar-refractivity contribution < 1.29 is 4.79 Å². The first-order valence-corrected chi connectivity index (χ1v) is 6.72. The van der Waals surface area contributed by atoms with Crippen LogP contribution in [0.5, 0.6) is 0 Å². The van der Waals surface area contributed by atoms with Gasteiger partial charge in [-0.3, -0.25) is 4.79 Å². The largest absolute Gasteiger partial charge is 0.399 e. The van der Waals surface area contributed by atoms with Gasteiger partial charge in [-0.25, -0.2) is 0 Å². The number of carbonyl (C=O) groups excluding carboxylic acids is 1. The lowest BCUT2D eigenvalue weighted by Crippen LogP contribution is -2.24. The second-order valence-electron chi connectivity index (χ2n) is 3.85. The molecule has 1 heterocycles. The molecule has 0 saturated heterocycles. The molecular formula is C13H13ClN2OS. The number of hydrogen-bond donors (Lipinski definition) is 2. The first kappa shape index (κ1) is 12.9. The summed E-state index contributed by atoms with van der Waals surface area (Å²) >= 11 is 7.06. The molecule has 2 rings (SSSR count). The summed E-state index contributed by atoms with van der Waals surface area (Å²) < 4.78 is 0.624. The normalized spacial score (nSPS) is 10.3. The van der Waals surface area contributed by atoms with E-state index < -0.39 is 0 Å². The predicted octanol–water partition coefficient (Wildman–Crippen LogP) is 2.96. The Morgan fingerprint density at radius 2 is 1.94 bits per heavy atom. The van der Waals surface area contributed by atoms with Crippen LogP contribution in [-0.2, 0) is 6.42 Å². The van der Waals surface area contributed by atoms with Crippen molar-refractivity contribution in [2.24, 2.45) is 0 Å². The van der Waals surface area contributed by atoms with E-state index in [0.717, 1.165) is 17.7 Å². The van der Waals surface area contributed by atoms with Crippen LogP contribution in [0.4, 0.5) is 5.69 Å². The van der Waals surface area contributed by atoms with Gasteiger partial charge in [-0.05, 0) is 36.2 Å². The van der Waals surface area contributed by atoms with Crippen LogP contribution in [0.1, 0.15) is 15.2 Å². The summed E-state index contributed by atoms with van der Waals surface area (Å²) in [7, 11) is 0. The van der Waals surface area contributed by atoms with Gasteiger partial charge >= 0.3 is 0 Å². The van der Waals surface area contributed by atoms with Gasteiger partial charge in [-0.15, -0.1) is 11.3 Å². The van der Waals surface area contributed by atoms with E-state index in [1.165, 1.54) is 11.3 Å². The van der Waals surface area contributed by atoms with E-state index in [4.69, 9.17) is 17.3 Å². The number of anilines is 1. The molecule has 5 heteroatoms. The number of thiophene rings is 1. The van der Waals surface area contributed by atoms with Gasteiger partial charge in [0.05, 0.1) is 9.21 Å². The molecule has 0 atom stereocenters. The topological polar surface area (TPSA) is 55.1 Å². The molecule has 18 heavy (non-hydrogen) atoms. The molecule has 0 fully saturated rings. The van der Waals surface area contributed by atoms with Gasteiger partial charge in [0.25, 0.3) is 5.91 Å². The fraction of sp³-hybridized carbons (Fsp3) is 0.154. The molecular weight excluding hydrogens is 268 g/mol. The lowest BCUT2D eigenvalue weighted by Gasteiger charge is -2.04. The first-order chi connectivity index (χ1) is 8.65. The van der Waals surface area contributed by atoms with Crippen LogP contribution in [0, 0.1) is 0 Å². The molecule has 0 aliphatic rings. The van der Waals surface area contributed by atoms with Crippen LogP contribution in [-0.4, -0.2) is 12.5 Å². The molecule has 0 radical (unpaired) electrons. The highest BCUT2D eigenvalue weighted by atomic mass is 35.5. The third-order valence-corrected chi connectivity index (χ3v) is 3.71. The number of rotatable bonds is 4. The number of nitrogens with one attached hydrogen (secondary N) is 1. The first-order valence-electron chi connectivity index (χ1n) is 5.53. The number of carbonyl (C=O) groups is 1. The van der Waals surface area contributed by atoms with Crippen LogP contribution < -0.4 is 11.1 Å². The molecule has 1 amide bonds. The van der Waals surface area contributed by atoms with Crippen molar-refractivity contribution in [3.05, 3.63) is 51.2 Å². The maximum Gasteiger partial charge on any atom is 0.261 e. The Balaban J connectivity index is 1.82. The molecule has 3 nitrogen and oxygen atoms in total. The van der Waals surface area contributed by atoms with Crippen molar-refractivity contribution in [3.63, 3.8) is 0 Å².